The summed E-state index contributed by atoms with van der Waals surface area (Å²) in [5.41, 5.74) is 3.51. The maximum absolute atomic E-state index is 13.1. The number of fused-ring (bicyclic) bond motifs is 1. The summed E-state index contributed by atoms with van der Waals surface area (Å²) in [6.45, 7) is 7.41. The third kappa shape index (κ3) is 2.82. The number of aromatic nitrogens is 4. The van der Waals surface area contributed by atoms with Crippen molar-refractivity contribution in [1.82, 2.24) is 24.6 Å². The van der Waals surface area contributed by atoms with Crippen LogP contribution in [-0.2, 0) is 6.54 Å². The summed E-state index contributed by atoms with van der Waals surface area (Å²) in [6.07, 6.45) is 0. The van der Waals surface area contributed by atoms with Crippen LogP contribution in [0, 0.1) is 12.8 Å². The van der Waals surface area contributed by atoms with E-state index >= 15 is 0 Å². The van der Waals surface area contributed by atoms with Gasteiger partial charge < -0.3 is 4.90 Å². The zero-order valence-electron chi connectivity index (χ0n) is 15.1. The highest BCUT2D eigenvalue weighted by Gasteiger charge is 2.37. The normalized spacial score (nSPS) is 16.8. The number of carbonyl (C=O) groups is 1. The highest BCUT2D eigenvalue weighted by atomic mass is 32.1. The van der Waals surface area contributed by atoms with Crippen molar-refractivity contribution in [2.45, 2.75) is 33.4 Å². The second-order valence-electron chi connectivity index (χ2n) is 6.84. The van der Waals surface area contributed by atoms with Gasteiger partial charge >= 0.3 is 0 Å². The summed E-state index contributed by atoms with van der Waals surface area (Å²) in [5, 5.41) is 4.69. The van der Waals surface area contributed by atoms with Crippen LogP contribution in [0.3, 0.4) is 0 Å². The Morgan fingerprint density at radius 1 is 1.23 bits per heavy atom. The molecule has 0 N–H and O–H groups in total. The lowest BCUT2D eigenvalue weighted by Crippen LogP contribution is -2.44. The lowest BCUT2D eigenvalue weighted by molar-refractivity contribution is 0.0541. The van der Waals surface area contributed by atoms with Gasteiger partial charge in [0, 0.05) is 12.1 Å². The van der Waals surface area contributed by atoms with Gasteiger partial charge in [0.15, 0.2) is 11.6 Å². The number of aryl methyl sites for hydroxylation is 1. The fourth-order valence-corrected chi connectivity index (χ4v) is 4.21. The van der Waals surface area contributed by atoms with Gasteiger partial charge in [0.25, 0.3) is 5.91 Å². The van der Waals surface area contributed by atoms with Crippen LogP contribution in [-0.4, -0.2) is 37.1 Å². The van der Waals surface area contributed by atoms with Gasteiger partial charge in [0.2, 0.25) is 0 Å². The van der Waals surface area contributed by atoms with Crippen LogP contribution in [0.5, 0.6) is 0 Å². The van der Waals surface area contributed by atoms with E-state index in [1.165, 1.54) is 11.3 Å². The van der Waals surface area contributed by atoms with Gasteiger partial charge in [0.05, 0.1) is 23.8 Å². The van der Waals surface area contributed by atoms with E-state index < -0.39 is 0 Å². The van der Waals surface area contributed by atoms with Gasteiger partial charge in [-0.2, -0.15) is 5.10 Å². The van der Waals surface area contributed by atoms with Gasteiger partial charge in [-0.15, -0.1) is 11.3 Å². The second-order valence-corrected chi connectivity index (χ2v) is 7.69. The molecule has 3 aromatic rings. The minimum atomic E-state index is -0.0947. The lowest BCUT2D eigenvalue weighted by atomic mass is 9.99. The first-order valence-electron chi connectivity index (χ1n) is 8.77. The molecule has 1 aliphatic rings. The predicted octanol–water partition coefficient (Wildman–Crippen LogP) is 3.56. The smallest absolute Gasteiger partial charge is 0.266 e. The SMILES string of the molecule is Cc1ncsc1C(=O)N1CCn2nc(-c3ccccc3)nc2[C@@H]1C(C)C. The Kier molecular flexibility index (Phi) is 4.32. The molecule has 0 radical (unpaired) electrons. The first kappa shape index (κ1) is 16.9. The van der Waals surface area contributed by atoms with E-state index in [0.717, 1.165) is 22.9 Å². The van der Waals surface area contributed by atoms with Crippen molar-refractivity contribution in [2.24, 2.45) is 5.92 Å². The number of hydrogen-bond acceptors (Lipinski definition) is 5. The molecule has 26 heavy (non-hydrogen) atoms. The number of rotatable bonds is 3. The monoisotopic (exact) mass is 367 g/mol. The average molecular weight is 367 g/mol. The van der Waals surface area contributed by atoms with Crippen LogP contribution < -0.4 is 0 Å². The van der Waals surface area contributed by atoms with Gasteiger partial charge in [-0.1, -0.05) is 44.2 Å². The molecular weight excluding hydrogens is 346 g/mol. The fourth-order valence-electron chi connectivity index (χ4n) is 3.45. The molecule has 0 saturated heterocycles. The van der Waals surface area contributed by atoms with Crippen LogP contribution in [0.25, 0.3) is 11.4 Å². The second kappa shape index (κ2) is 6.64. The van der Waals surface area contributed by atoms with Crippen molar-refractivity contribution in [3.05, 3.63) is 52.2 Å². The average Bonchev–Trinajstić information content (AvgIpc) is 3.26. The van der Waals surface area contributed by atoms with E-state index in [1.54, 1.807) is 5.51 Å². The maximum Gasteiger partial charge on any atom is 0.266 e. The third-order valence-corrected chi connectivity index (χ3v) is 5.63. The first-order chi connectivity index (χ1) is 12.6. The summed E-state index contributed by atoms with van der Waals surface area (Å²) in [5.74, 6) is 1.86. The maximum atomic E-state index is 13.1. The highest BCUT2D eigenvalue weighted by molar-refractivity contribution is 7.11. The molecule has 1 aliphatic heterocycles. The summed E-state index contributed by atoms with van der Waals surface area (Å²) in [6, 6.07) is 9.87. The number of thiazole rings is 1. The molecule has 1 atom stereocenters. The largest absolute Gasteiger partial charge is 0.326 e. The standard InChI is InChI=1S/C19H21N5OS/c1-12(2)15-18-21-17(14-7-5-4-6-8-14)22-24(18)10-9-23(15)19(25)16-13(3)20-11-26-16/h4-8,11-12,15H,9-10H2,1-3H3/t15-/m0/s1. The molecule has 1 aromatic carbocycles. The van der Waals surface area contributed by atoms with E-state index in [0.29, 0.717) is 18.0 Å². The molecule has 2 aromatic heterocycles. The quantitative estimate of drug-likeness (QED) is 0.710. The topological polar surface area (TPSA) is 63.9 Å². The number of hydrogen-bond donors (Lipinski definition) is 0. The molecule has 1 amide bonds. The van der Waals surface area contributed by atoms with E-state index in [2.05, 4.69) is 23.9 Å². The Labute approximate surface area is 156 Å². The minimum absolute atomic E-state index is 0.0409. The van der Waals surface area contributed by atoms with Crippen molar-refractivity contribution in [1.29, 1.82) is 0 Å². The van der Waals surface area contributed by atoms with Crippen LogP contribution in [0.2, 0.25) is 0 Å². The van der Waals surface area contributed by atoms with Crippen molar-refractivity contribution in [3.63, 3.8) is 0 Å². The van der Waals surface area contributed by atoms with Crippen molar-refractivity contribution in [2.75, 3.05) is 6.54 Å². The number of nitrogens with zero attached hydrogens (tertiary/aromatic N) is 5. The van der Waals surface area contributed by atoms with Crippen LogP contribution in [0.15, 0.2) is 35.8 Å². The molecule has 134 valence electrons. The molecule has 0 fully saturated rings. The Morgan fingerprint density at radius 3 is 2.65 bits per heavy atom. The Morgan fingerprint density at radius 2 is 2.00 bits per heavy atom. The fraction of sp³-hybridized carbons (Fsp3) is 0.368. The molecule has 0 saturated carbocycles. The third-order valence-electron chi connectivity index (χ3n) is 4.72. The summed E-state index contributed by atoms with van der Waals surface area (Å²) in [7, 11) is 0. The molecular formula is C19H21N5OS. The molecule has 0 aliphatic carbocycles. The van der Waals surface area contributed by atoms with Crippen molar-refractivity contribution < 1.29 is 4.79 Å². The molecule has 3 heterocycles. The predicted molar refractivity (Wildman–Crippen MR) is 101 cm³/mol. The molecule has 0 bridgehead atoms. The van der Waals surface area contributed by atoms with E-state index in [9.17, 15) is 4.79 Å². The molecule has 6 nitrogen and oxygen atoms in total. The number of carbonyl (C=O) groups excluding carboxylic acids is 1. The molecule has 4 rings (SSSR count). The first-order valence-corrected chi connectivity index (χ1v) is 9.65. The Bertz CT molecular complexity index is 931. The number of benzene rings is 1. The zero-order valence-corrected chi connectivity index (χ0v) is 15.9. The Hall–Kier alpha value is -2.54. The Balaban J connectivity index is 1.73. The van der Waals surface area contributed by atoms with Crippen LogP contribution in [0.4, 0.5) is 0 Å². The van der Waals surface area contributed by atoms with Crippen LogP contribution >= 0.6 is 11.3 Å². The molecule has 0 spiro atoms. The van der Waals surface area contributed by atoms with Gasteiger partial charge in [-0.3, -0.25) is 4.79 Å². The van der Waals surface area contributed by atoms with Gasteiger partial charge in [0.1, 0.15) is 4.88 Å². The zero-order chi connectivity index (χ0) is 18.3. The van der Waals surface area contributed by atoms with Crippen LogP contribution in [0.1, 0.15) is 41.1 Å². The van der Waals surface area contributed by atoms with Crippen molar-refractivity contribution >= 4 is 17.2 Å². The van der Waals surface area contributed by atoms with E-state index in [1.807, 2.05) is 46.8 Å². The number of amides is 1. The minimum Gasteiger partial charge on any atom is -0.326 e. The lowest BCUT2D eigenvalue weighted by Gasteiger charge is -2.37. The molecule has 7 heteroatoms. The summed E-state index contributed by atoms with van der Waals surface area (Å²) >= 11 is 1.40. The van der Waals surface area contributed by atoms with E-state index in [-0.39, 0.29) is 17.9 Å². The highest BCUT2D eigenvalue weighted by Crippen LogP contribution is 2.34. The summed E-state index contributed by atoms with van der Waals surface area (Å²) < 4.78 is 1.95. The van der Waals surface area contributed by atoms with E-state index in [4.69, 9.17) is 4.98 Å². The summed E-state index contributed by atoms with van der Waals surface area (Å²) in [4.78, 5) is 24.8. The van der Waals surface area contributed by atoms with Gasteiger partial charge in [-0.25, -0.2) is 14.6 Å². The van der Waals surface area contributed by atoms with Gasteiger partial charge in [-0.05, 0) is 12.8 Å². The van der Waals surface area contributed by atoms with Crippen molar-refractivity contribution in [3.8, 4) is 11.4 Å². The molecule has 0 unspecified atom stereocenters.